The number of phosphoric ester groups is 1. The number of carbonyl (C=O) groups excluding carboxylic acids is 1. The van der Waals surface area contributed by atoms with Crippen molar-refractivity contribution in [2.45, 2.75) is 39.5 Å². The molecule has 0 radical (unpaired) electrons. The van der Waals surface area contributed by atoms with Gasteiger partial charge in [0.2, 0.25) is 5.91 Å². The Kier molecular flexibility index (Phi) is 11.7. The number of aromatic amines is 1. The van der Waals surface area contributed by atoms with E-state index in [1.165, 1.54) is 23.5 Å². The molecule has 0 saturated carbocycles. The van der Waals surface area contributed by atoms with Crippen molar-refractivity contribution in [3.05, 3.63) is 66.1 Å². The highest BCUT2D eigenvalue weighted by Crippen LogP contribution is 2.44. The monoisotopic (exact) mass is 633 g/mol. The molecule has 1 unspecified atom stereocenters. The van der Waals surface area contributed by atoms with Crippen LogP contribution in [0.4, 0.5) is 26.1 Å². The Balaban J connectivity index is 1.28. The maximum absolute atomic E-state index is 13.8. The fourth-order valence-corrected chi connectivity index (χ4v) is 5.02. The van der Waals surface area contributed by atoms with E-state index in [0.717, 1.165) is 12.5 Å². The van der Waals surface area contributed by atoms with E-state index in [-0.39, 0.29) is 18.7 Å². The summed E-state index contributed by atoms with van der Waals surface area (Å²) in [6, 6.07) is 10.5. The molecule has 0 bridgehead atoms. The lowest BCUT2D eigenvalue weighted by molar-refractivity contribution is -0.115. The number of nitrogens with zero attached hydrogens (tertiary/aromatic N) is 4. The number of unbranched alkanes of at least 4 members (excludes halogenated alkanes) is 1. The number of phosphoric acid groups is 1. The van der Waals surface area contributed by atoms with E-state index in [1.807, 2.05) is 13.0 Å². The van der Waals surface area contributed by atoms with Crippen LogP contribution >= 0.6 is 7.82 Å². The lowest BCUT2D eigenvalue weighted by atomic mass is 10.2. The minimum atomic E-state index is -4.12. The van der Waals surface area contributed by atoms with E-state index < -0.39 is 25.4 Å². The highest BCUT2D eigenvalue weighted by molar-refractivity contribution is 7.47. The summed E-state index contributed by atoms with van der Waals surface area (Å²) in [6.07, 6.45) is 3.35. The maximum atomic E-state index is 13.8. The van der Waals surface area contributed by atoms with Gasteiger partial charge in [-0.15, -0.1) is 0 Å². The van der Waals surface area contributed by atoms with Crippen LogP contribution in [0.2, 0.25) is 0 Å². The summed E-state index contributed by atoms with van der Waals surface area (Å²) < 4.78 is 55.0. The topological polar surface area (TPSA) is 164 Å². The fraction of sp³-hybridized carbons (Fsp3) is 0.357. The van der Waals surface area contributed by atoms with Crippen molar-refractivity contribution in [3.63, 3.8) is 0 Å². The molecular formula is C28H34F2N7O6P. The molecule has 2 heterocycles. The Morgan fingerprint density at radius 3 is 2.75 bits per heavy atom. The van der Waals surface area contributed by atoms with Crippen LogP contribution in [0.15, 0.2) is 48.8 Å². The second kappa shape index (κ2) is 15.6. The van der Waals surface area contributed by atoms with Crippen LogP contribution in [0.25, 0.3) is 10.9 Å². The van der Waals surface area contributed by atoms with Gasteiger partial charge < -0.3 is 20.3 Å². The van der Waals surface area contributed by atoms with Crippen LogP contribution in [-0.2, 0) is 24.9 Å². The number of hydrogen-bond donors (Lipinski definition) is 4. The van der Waals surface area contributed by atoms with Crippen molar-refractivity contribution in [3.8, 4) is 5.75 Å². The van der Waals surface area contributed by atoms with E-state index in [4.69, 9.17) is 13.9 Å². The summed E-state index contributed by atoms with van der Waals surface area (Å²) in [7, 11) is -4.12. The number of rotatable bonds is 17. The predicted molar refractivity (Wildman–Crippen MR) is 159 cm³/mol. The van der Waals surface area contributed by atoms with Crippen molar-refractivity contribution < 1.29 is 36.9 Å². The van der Waals surface area contributed by atoms with Crippen LogP contribution < -0.4 is 15.4 Å². The molecule has 236 valence electrons. The number of fused-ring (bicyclic) bond motifs is 1. The normalized spacial score (nSPS) is 12.8. The molecule has 4 rings (SSSR count). The summed E-state index contributed by atoms with van der Waals surface area (Å²) in [5, 5.41) is 14.5. The van der Waals surface area contributed by atoms with Gasteiger partial charge >= 0.3 is 7.82 Å². The zero-order chi connectivity index (χ0) is 31.5. The van der Waals surface area contributed by atoms with Crippen LogP contribution in [-0.4, -0.2) is 62.3 Å². The number of ether oxygens (including phenoxy) is 1. The number of halogens is 2. The number of hydroxylamine groups is 2. The Labute approximate surface area is 252 Å². The molecule has 0 saturated heterocycles. The Morgan fingerprint density at radius 2 is 1.95 bits per heavy atom. The second-order valence-corrected chi connectivity index (χ2v) is 10.9. The summed E-state index contributed by atoms with van der Waals surface area (Å²) >= 11 is 0. The summed E-state index contributed by atoms with van der Waals surface area (Å²) in [6.45, 7) is 4.99. The number of carbonyl (C=O) groups is 1. The first-order valence-electron chi connectivity index (χ1n) is 14.0. The van der Waals surface area contributed by atoms with Gasteiger partial charge in [-0.25, -0.2) is 23.3 Å². The highest BCUT2D eigenvalue weighted by atomic mass is 31.2. The van der Waals surface area contributed by atoms with Crippen molar-refractivity contribution in [1.29, 1.82) is 0 Å². The first kappa shape index (κ1) is 32.9. The van der Waals surface area contributed by atoms with Crippen molar-refractivity contribution in [2.24, 2.45) is 0 Å². The van der Waals surface area contributed by atoms with Gasteiger partial charge in [-0.2, -0.15) is 14.8 Å². The van der Waals surface area contributed by atoms with Crippen LogP contribution in [0.1, 0.15) is 38.8 Å². The molecule has 4 aromatic rings. The van der Waals surface area contributed by atoms with Gasteiger partial charge in [-0.1, -0.05) is 13.0 Å². The molecule has 4 N–H and O–H groups in total. The maximum Gasteiger partial charge on any atom is 0.488 e. The Hall–Kier alpha value is -4.01. The number of amides is 1. The van der Waals surface area contributed by atoms with Gasteiger partial charge in [-0.05, 0) is 50.5 Å². The smallest absolute Gasteiger partial charge is 0.488 e. The van der Waals surface area contributed by atoms with Gasteiger partial charge in [0.1, 0.15) is 17.9 Å². The number of H-pyrrole nitrogens is 1. The SMILES string of the molecule is CCCN(CCCCOc1ccc2c(Nc3cc(CC(=O)Nc4cccc(F)c4F)[nH]n3)ncnc2c1)OP(=O)(O)OCC. The first-order chi connectivity index (χ1) is 21.2. The molecule has 1 atom stereocenters. The quantitative estimate of drug-likeness (QED) is 0.0660. The lowest BCUT2D eigenvalue weighted by Crippen LogP contribution is -2.25. The molecule has 0 fully saturated rings. The summed E-state index contributed by atoms with van der Waals surface area (Å²) in [5.74, 6) is -1.24. The van der Waals surface area contributed by atoms with Gasteiger partial charge in [0.15, 0.2) is 17.5 Å². The van der Waals surface area contributed by atoms with Crippen LogP contribution in [0, 0.1) is 11.6 Å². The number of benzene rings is 2. The molecule has 0 aliphatic carbocycles. The minimum absolute atomic E-state index is 0.0738. The molecule has 44 heavy (non-hydrogen) atoms. The number of nitrogens with one attached hydrogen (secondary N) is 3. The third-order valence-corrected chi connectivity index (χ3v) is 7.14. The largest absolute Gasteiger partial charge is 0.494 e. The minimum Gasteiger partial charge on any atom is -0.494 e. The van der Waals surface area contributed by atoms with Crippen LogP contribution in [0.3, 0.4) is 0 Å². The number of anilines is 3. The third kappa shape index (κ3) is 9.49. The standard InChI is InChI=1S/C28H34F2N7O6P/c1-3-12-37(43-44(39,40)42-4-2)13-5-6-14-41-20-10-11-21-24(17-20)31-18-32-28(21)34-25-15-19(35-36-25)16-26(38)33-23-9-7-8-22(29)27(23)30/h7-11,15,17-18H,3-6,12-14,16H2,1-2H3,(H,33,38)(H,39,40)(H2,31,32,34,35,36). The summed E-state index contributed by atoms with van der Waals surface area (Å²) in [4.78, 5) is 30.7. The molecule has 16 heteroatoms. The van der Waals surface area contributed by atoms with Gasteiger partial charge in [0.25, 0.3) is 0 Å². The van der Waals surface area contributed by atoms with E-state index >= 15 is 0 Å². The molecule has 0 spiro atoms. The van der Waals surface area contributed by atoms with E-state index in [1.54, 1.807) is 25.1 Å². The van der Waals surface area contributed by atoms with E-state index in [9.17, 15) is 23.0 Å². The molecular weight excluding hydrogens is 599 g/mol. The lowest BCUT2D eigenvalue weighted by Gasteiger charge is -2.23. The molecule has 0 aliphatic rings. The van der Waals surface area contributed by atoms with Crippen molar-refractivity contribution in [1.82, 2.24) is 25.2 Å². The average Bonchev–Trinajstić information content (AvgIpc) is 3.41. The van der Waals surface area contributed by atoms with Crippen molar-refractivity contribution >= 4 is 42.0 Å². The Morgan fingerprint density at radius 1 is 1.11 bits per heavy atom. The van der Waals surface area contributed by atoms with Gasteiger partial charge in [0.05, 0.1) is 30.8 Å². The second-order valence-electron chi connectivity index (χ2n) is 9.58. The zero-order valence-corrected chi connectivity index (χ0v) is 25.2. The highest BCUT2D eigenvalue weighted by Gasteiger charge is 2.24. The van der Waals surface area contributed by atoms with Gasteiger partial charge in [0, 0.05) is 36.3 Å². The van der Waals surface area contributed by atoms with Crippen molar-refractivity contribution in [2.75, 3.05) is 36.9 Å². The molecule has 2 aromatic carbocycles. The third-order valence-electron chi connectivity index (χ3n) is 6.12. The van der Waals surface area contributed by atoms with E-state index in [0.29, 0.717) is 66.5 Å². The summed E-state index contributed by atoms with van der Waals surface area (Å²) in [5.41, 5.74) is 0.828. The number of aromatic nitrogens is 4. The molecule has 2 aromatic heterocycles. The molecule has 1 amide bonds. The fourth-order valence-electron chi connectivity index (χ4n) is 4.19. The zero-order valence-electron chi connectivity index (χ0n) is 24.3. The number of hydrogen-bond acceptors (Lipinski definition) is 10. The average molecular weight is 634 g/mol. The first-order valence-corrected chi connectivity index (χ1v) is 15.5. The van der Waals surface area contributed by atoms with Crippen LogP contribution in [0.5, 0.6) is 5.75 Å². The Bertz CT molecular complexity index is 1610. The van der Waals surface area contributed by atoms with E-state index in [2.05, 4.69) is 30.8 Å². The predicted octanol–water partition coefficient (Wildman–Crippen LogP) is 5.50. The molecule has 13 nitrogen and oxygen atoms in total. The molecule has 0 aliphatic heterocycles. The van der Waals surface area contributed by atoms with Gasteiger partial charge in [-0.3, -0.25) is 14.4 Å².